The quantitative estimate of drug-likeness (QED) is 0.501. The van der Waals surface area contributed by atoms with Crippen LogP contribution in [0.3, 0.4) is 0 Å². The Kier molecular flexibility index (Phi) is 5.62. The Morgan fingerprint density at radius 3 is 3.14 bits per heavy atom. The number of hydrogen-bond acceptors (Lipinski definition) is 10. The number of thioether (sulfide) groups is 1. The molecule has 1 aromatic rings. The number of rotatable bonds is 5. The van der Waals surface area contributed by atoms with Crippen molar-refractivity contribution >= 4 is 40.4 Å². The first-order valence-electron chi connectivity index (χ1n) is 6.27. The van der Waals surface area contributed by atoms with Crippen molar-refractivity contribution < 1.29 is 19.2 Å². The fourth-order valence-corrected chi connectivity index (χ4v) is 3.17. The minimum Gasteiger partial charge on any atom is -0.478 e. The van der Waals surface area contributed by atoms with Crippen molar-refractivity contribution in [1.29, 1.82) is 0 Å². The second-order valence-corrected chi connectivity index (χ2v) is 6.08. The maximum Gasteiger partial charge on any atom is 0.363 e. The molecule has 0 bridgehead atoms. The summed E-state index contributed by atoms with van der Waals surface area (Å²) in [5.41, 5.74) is -0.309. The zero-order chi connectivity index (χ0) is 15.2. The van der Waals surface area contributed by atoms with E-state index in [1.54, 1.807) is 18.7 Å². The zero-order valence-corrected chi connectivity index (χ0v) is 13.1. The van der Waals surface area contributed by atoms with E-state index in [0.717, 1.165) is 10.8 Å². The van der Waals surface area contributed by atoms with Crippen molar-refractivity contribution in [3.05, 3.63) is 5.69 Å². The van der Waals surface area contributed by atoms with Gasteiger partial charge >= 0.3 is 11.9 Å². The van der Waals surface area contributed by atoms with Crippen LogP contribution >= 0.6 is 23.7 Å². The molecule has 21 heavy (non-hydrogen) atoms. The predicted octanol–water partition coefficient (Wildman–Crippen LogP) is 3.17. The van der Waals surface area contributed by atoms with E-state index in [2.05, 4.69) is 24.3 Å². The summed E-state index contributed by atoms with van der Waals surface area (Å²) in [6.45, 7) is 3.90. The lowest BCUT2D eigenvalue weighted by Gasteiger charge is -1.99. The van der Waals surface area contributed by atoms with Gasteiger partial charge in [0.15, 0.2) is 0 Å². The summed E-state index contributed by atoms with van der Waals surface area (Å²) < 4.78 is 13.6. The largest absolute Gasteiger partial charge is 0.478 e. The van der Waals surface area contributed by atoms with Gasteiger partial charge in [-0.1, -0.05) is 12.1 Å². The van der Waals surface area contributed by atoms with Crippen molar-refractivity contribution in [2.24, 2.45) is 14.6 Å². The minimum atomic E-state index is -0.715. The van der Waals surface area contributed by atoms with Gasteiger partial charge in [-0.05, 0) is 12.7 Å². The molecule has 10 heteroatoms. The minimum absolute atomic E-state index is 0.120. The molecular weight excluding hydrogens is 316 g/mol. The smallest absolute Gasteiger partial charge is 0.363 e. The average Bonchev–Trinajstić information content (AvgIpc) is 3.04. The normalized spacial score (nSPS) is 18.2. The van der Waals surface area contributed by atoms with Gasteiger partial charge in [0.2, 0.25) is 11.4 Å². The van der Waals surface area contributed by atoms with Gasteiger partial charge in [0, 0.05) is 18.4 Å². The monoisotopic (exact) mass is 330 g/mol. The van der Waals surface area contributed by atoms with Gasteiger partial charge in [-0.15, -0.1) is 16.9 Å². The van der Waals surface area contributed by atoms with E-state index in [9.17, 15) is 9.90 Å². The van der Waals surface area contributed by atoms with Crippen LogP contribution in [-0.4, -0.2) is 39.0 Å². The highest BCUT2D eigenvalue weighted by molar-refractivity contribution is 8.15. The molecule has 1 aromatic heterocycles. The lowest BCUT2D eigenvalue weighted by molar-refractivity contribution is 0.0515. The molecule has 2 rings (SSSR count). The summed E-state index contributed by atoms with van der Waals surface area (Å²) >= 11 is 2.96. The third kappa shape index (κ3) is 3.97. The third-order valence-electron chi connectivity index (χ3n) is 2.34. The van der Waals surface area contributed by atoms with E-state index in [0.29, 0.717) is 6.42 Å². The summed E-state index contributed by atoms with van der Waals surface area (Å²) in [6.07, 6.45) is 0.674. The lowest BCUT2D eigenvalue weighted by Crippen LogP contribution is -2.05. The number of azo groups is 1. The highest BCUT2D eigenvalue weighted by Crippen LogP contribution is 2.35. The summed E-state index contributed by atoms with van der Waals surface area (Å²) in [6, 6.07) is 0. The molecule has 0 amide bonds. The van der Waals surface area contributed by atoms with E-state index < -0.39 is 11.9 Å². The predicted molar refractivity (Wildman–Crippen MR) is 80.2 cm³/mol. The molecule has 0 aliphatic carbocycles. The van der Waals surface area contributed by atoms with Gasteiger partial charge in [-0.3, -0.25) is 0 Å². The molecule has 2 heterocycles. The number of esters is 1. The Bertz CT molecular complexity index is 573. The molecule has 1 aliphatic heterocycles. The molecule has 1 aliphatic rings. The number of aromatic nitrogens is 1. The van der Waals surface area contributed by atoms with Crippen molar-refractivity contribution in [3.8, 4) is 5.95 Å². The average molecular weight is 330 g/mol. The summed E-state index contributed by atoms with van der Waals surface area (Å²) in [5, 5.41) is 21.7. The summed E-state index contributed by atoms with van der Waals surface area (Å²) in [7, 11) is 0. The highest BCUT2D eigenvalue weighted by Gasteiger charge is 2.25. The zero-order valence-electron chi connectivity index (χ0n) is 11.5. The van der Waals surface area contributed by atoms with Crippen LogP contribution in [0.25, 0.3) is 0 Å². The molecule has 114 valence electrons. The van der Waals surface area contributed by atoms with Crippen molar-refractivity contribution in [3.63, 3.8) is 0 Å². The molecule has 0 spiro atoms. The molecule has 0 aromatic carbocycles. The SMILES string of the molecule is CCOC(=O)c1noc(O)c1N=NC1CC(SCC)=NS1. The maximum absolute atomic E-state index is 11.6. The Balaban J connectivity index is 2.05. The van der Waals surface area contributed by atoms with Gasteiger partial charge < -0.3 is 14.4 Å². The van der Waals surface area contributed by atoms with Gasteiger partial charge in [-0.25, -0.2) is 9.19 Å². The van der Waals surface area contributed by atoms with Gasteiger partial charge in [0.05, 0.1) is 11.7 Å². The lowest BCUT2D eigenvalue weighted by atomic mass is 10.4. The number of carbonyl (C=O) groups excluding carboxylic acids is 1. The first-order chi connectivity index (χ1) is 10.2. The van der Waals surface area contributed by atoms with Gasteiger partial charge in [-0.2, -0.15) is 5.11 Å². The molecule has 1 atom stereocenters. The Labute approximate surface area is 129 Å². The first-order valence-corrected chi connectivity index (χ1v) is 8.10. The molecule has 0 radical (unpaired) electrons. The number of aromatic hydroxyl groups is 1. The second-order valence-electron chi connectivity index (χ2n) is 3.80. The molecular formula is C11H14N4O4S2. The Morgan fingerprint density at radius 2 is 2.43 bits per heavy atom. The molecule has 0 saturated carbocycles. The van der Waals surface area contributed by atoms with Crippen LogP contribution in [0.2, 0.25) is 0 Å². The number of nitrogens with zero attached hydrogens (tertiary/aromatic N) is 4. The number of carbonyl (C=O) groups is 1. The molecule has 8 nitrogen and oxygen atoms in total. The highest BCUT2D eigenvalue weighted by atomic mass is 32.2. The maximum atomic E-state index is 11.6. The fraction of sp³-hybridized carbons (Fsp3) is 0.545. The van der Waals surface area contributed by atoms with E-state index >= 15 is 0 Å². The second kappa shape index (κ2) is 7.46. The van der Waals surface area contributed by atoms with E-state index in [-0.39, 0.29) is 23.4 Å². The first kappa shape index (κ1) is 15.8. The fourth-order valence-electron chi connectivity index (χ4n) is 1.48. The van der Waals surface area contributed by atoms with Crippen LogP contribution in [0.4, 0.5) is 5.69 Å². The Morgan fingerprint density at radius 1 is 1.62 bits per heavy atom. The molecule has 1 unspecified atom stereocenters. The standard InChI is InChI=1S/C11H14N4O4S2/c1-3-18-10(16)9-8(11(17)19-14-9)13-12-6-5-7(15-21-6)20-4-2/h6,17H,3-5H2,1-2H3. The summed E-state index contributed by atoms with van der Waals surface area (Å²) in [4.78, 5) is 11.6. The molecule has 0 saturated heterocycles. The van der Waals surface area contributed by atoms with Crippen molar-refractivity contribution in [2.45, 2.75) is 25.6 Å². The van der Waals surface area contributed by atoms with Crippen LogP contribution in [0.15, 0.2) is 19.1 Å². The third-order valence-corrected chi connectivity index (χ3v) is 4.17. The molecule has 0 fully saturated rings. The number of hydrogen-bond donors (Lipinski definition) is 1. The van der Waals surface area contributed by atoms with E-state index in [1.165, 1.54) is 11.9 Å². The van der Waals surface area contributed by atoms with Crippen LogP contribution < -0.4 is 0 Å². The van der Waals surface area contributed by atoms with Crippen molar-refractivity contribution in [1.82, 2.24) is 5.16 Å². The van der Waals surface area contributed by atoms with Crippen LogP contribution in [0, 0.1) is 0 Å². The van der Waals surface area contributed by atoms with Crippen molar-refractivity contribution in [2.75, 3.05) is 12.4 Å². The summed E-state index contributed by atoms with van der Waals surface area (Å²) in [5.74, 6) is -0.329. The van der Waals surface area contributed by atoms with E-state index in [4.69, 9.17) is 4.74 Å². The molecule has 1 N–H and O–H groups in total. The van der Waals surface area contributed by atoms with E-state index in [1.807, 2.05) is 6.92 Å². The topological polar surface area (TPSA) is 110 Å². The van der Waals surface area contributed by atoms with Gasteiger partial charge in [0.25, 0.3) is 0 Å². The van der Waals surface area contributed by atoms with Gasteiger partial charge in [0.1, 0.15) is 5.37 Å². The van der Waals surface area contributed by atoms with Crippen LogP contribution in [0.5, 0.6) is 5.95 Å². The van der Waals surface area contributed by atoms with Crippen LogP contribution in [0.1, 0.15) is 30.8 Å². The Hall–Kier alpha value is -1.55. The number of ether oxygens (including phenoxy) is 1. The van der Waals surface area contributed by atoms with Crippen LogP contribution in [-0.2, 0) is 4.74 Å².